The number of carbonyl (C=O) groups excluding carboxylic acids is 2. The van der Waals surface area contributed by atoms with Gasteiger partial charge in [0.1, 0.15) is 0 Å². The predicted octanol–water partition coefficient (Wildman–Crippen LogP) is 17.1. The smallest absolute Gasteiger partial charge is 0.305 e. The van der Waals surface area contributed by atoms with Crippen LogP contribution in [0.2, 0.25) is 0 Å². The summed E-state index contributed by atoms with van der Waals surface area (Å²) in [6.45, 7) is 4.96. The number of rotatable bonds is 53. The number of aliphatic hydroxyl groups excluding tert-OH is 2. The van der Waals surface area contributed by atoms with Crippen molar-refractivity contribution in [3.05, 3.63) is 0 Å². The van der Waals surface area contributed by atoms with Crippen LogP contribution >= 0.6 is 0 Å². The number of esters is 1. The van der Waals surface area contributed by atoms with Crippen LogP contribution in [0.1, 0.15) is 322 Å². The van der Waals surface area contributed by atoms with Gasteiger partial charge in [0.05, 0.1) is 25.4 Å². The first-order chi connectivity index (χ1) is 30.5. The van der Waals surface area contributed by atoms with E-state index in [-0.39, 0.29) is 18.5 Å². The zero-order valence-electron chi connectivity index (χ0n) is 42.1. The van der Waals surface area contributed by atoms with Crippen LogP contribution in [0.4, 0.5) is 0 Å². The minimum atomic E-state index is -0.665. The van der Waals surface area contributed by atoms with Crippen molar-refractivity contribution in [2.45, 2.75) is 334 Å². The first kappa shape index (κ1) is 60.9. The van der Waals surface area contributed by atoms with Gasteiger partial charge < -0.3 is 20.3 Å². The lowest BCUT2D eigenvalue weighted by Crippen LogP contribution is -2.45. The SMILES string of the molecule is CCCCCCCCCCCCCCCCCCC(O)C(CO)NC(=O)CCCCCCCCCCCCCCCCCCCCOC(=O)CCCCCCCCCCCCC. The Labute approximate surface area is 387 Å². The average Bonchev–Trinajstić information content (AvgIpc) is 3.27. The van der Waals surface area contributed by atoms with Gasteiger partial charge in [0.2, 0.25) is 5.91 Å². The second-order valence-electron chi connectivity index (χ2n) is 19.6. The highest BCUT2D eigenvalue weighted by molar-refractivity contribution is 5.76. The van der Waals surface area contributed by atoms with Crippen LogP contribution in [0.25, 0.3) is 0 Å². The Kier molecular flexibility index (Phi) is 51.5. The minimum absolute atomic E-state index is 0.00783. The van der Waals surface area contributed by atoms with Crippen molar-refractivity contribution in [3.8, 4) is 0 Å². The van der Waals surface area contributed by atoms with E-state index in [0.29, 0.717) is 25.9 Å². The first-order valence-electron chi connectivity index (χ1n) is 28.3. The molecule has 0 bridgehead atoms. The summed E-state index contributed by atoms with van der Waals surface area (Å²) in [6, 6.07) is -0.543. The molecule has 0 aromatic carbocycles. The summed E-state index contributed by atoms with van der Waals surface area (Å²) in [5.74, 6) is -0.0283. The Morgan fingerprint density at radius 3 is 0.984 bits per heavy atom. The number of ether oxygens (including phenoxy) is 1. The van der Waals surface area contributed by atoms with E-state index >= 15 is 0 Å². The second-order valence-corrected chi connectivity index (χ2v) is 19.6. The number of nitrogens with one attached hydrogen (secondary N) is 1. The molecule has 0 rings (SSSR count). The molecule has 0 fully saturated rings. The van der Waals surface area contributed by atoms with Crippen molar-refractivity contribution in [3.63, 3.8) is 0 Å². The lowest BCUT2D eigenvalue weighted by Gasteiger charge is -2.22. The highest BCUT2D eigenvalue weighted by atomic mass is 16.5. The number of hydrogen-bond acceptors (Lipinski definition) is 5. The van der Waals surface area contributed by atoms with Crippen LogP contribution in [0, 0.1) is 0 Å². The third-order valence-electron chi connectivity index (χ3n) is 13.4. The molecule has 0 aliphatic carbocycles. The van der Waals surface area contributed by atoms with Crippen molar-refractivity contribution in [1.29, 1.82) is 0 Å². The van der Waals surface area contributed by atoms with Crippen molar-refractivity contribution < 1.29 is 24.5 Å². The van der Waals surface area contributed by atoms with Crippen LogP contribution in [0.15, 0.2) is 0 Å². The molecule has 0 saturated carbocycles. The monoisotopic (exact) mass is 878 g/mol. The fourth-order valence-corrected chi connectivity index (χ4v) is 9.05. The summed E-state index contributed by atoms with van der Waals surface area (Å²) >= 11 is 0. The summed E-state index contributed by atoms with van der Waals surface area (Å²) in [5, 5.41) is 23.3. The van der Waals surface area contributed by atoms with Gasteiger partial charge in [-0.15, -0.1) is 0 Å². The number of unbranched alkanes of at least 4 members (excludes halogenated alkanes) is 42. The van der Waals surface area contributed by atoms with Crippen LogP contribution in [0.5, 0.6) is 0 Å². The normalized spacial score (nSPS) is 12.5. The highest BCUT2D eigenvalue weighted by Crippen LogP contribution is 2.18. The van der Waals surface area contributed by atoms with E-state index in [1.165, 1.54) is 250 Å². The van der Waals surface area contributed by atoms with Gasteiger partial charge in [-0.1, -0.05) is 284 Å². The molecular formula is C56H111NO5. The third kappa shape index (κ3) is 48.3. The molecule has 2 atom stereocenters. The van der Waals surface area contributed by atoms with E-state index < -0.39 is 12.1 Å². The van der Waals surface area contributed by atoms with E-state index in [9.17, 15) is 19.8 Å². The van der Waals surface area contributed by atoms with E-state index in [2.05, 4.69) is 19.2 Å². The fourth-order valence-electron chi connectivity index (χ4n) is 9.05. The molecule has 0 saturated heterocycles. The van der Waals surface area contributed by atoms with Gasteiger partial charge in [0, 0.05) is 12.8 Å². The van der Waals surface area contributed by atoms with Gasteiger partial charge >= 0.3 is 5.97 Å². The molecule has 6 nitrogen and oxygen atoms in total. The fraction of sp³-hybridized carbons (Fsp3) is 0.964. The molecule has 0 aromatic heterocycles. The molecule has 0 aliphatic rings. The van der Waals surface area contributed by atoms with Crippen LogP contribution in [-0.2, 0) is 14.3 Å². The quantitative estimate of drug-likeness (QED) is 0.0418. The standard InChI is InChI=1S/C56H111NO5/c1-3-5-7-9-11-13-15-16-17-22-25-29-32-36-40-44-48-54(59)53(52-58)57-55(60)49-45-41-37-33-30-26-23-20-18-19-21-24-27-31-35-39-43-47-51-62-56(61)50-46-42-38-34-28-14-12-10-8-6-4-2/h53-54,58-59H,3-52H2,1-2H3,(H,57,60). The van der Waals surface area contributed by atoms with Crippen LogP contribution < -0.4 is 5.32 Å². The maximum absolute atomic E-state index is 12.5. The summed E-state index contributed by atoms with van der Waals surface area (Å²) in [7, 11) is 0. The summed E-state index contributed by atoms with van der Waals surface area (Å²) in [6.07, 6.45) is 59.4. The topological polar surface area (TPSA) is 95.9 Å². The molecule has 0 aliphatic heterocycles. The Morgan fingerprint density at radius 1 is 0.387 bits per heavy atom. The van der Waals surface area contributed by atoms with Gasteiger partial charge in [0.15, 0.2) is 0 Å². The first-order valence-corrected chi connectivity index (χ1v) is 28.3. The second kappa shape index (κ2) is 52.5. The van der Waals surface area contributed by atoms with Crippen LogP contribution in [-0.4, -0.2) is 47.4 Å². The average molecular weight is 879 g/mol. The predicted molar refractivity (Wildman–Crippen MR) is 269 cm³/mol. The molecule has 0 radical (unpaired) electrons. The largest absolute Gasteiger partial charge is 0.466 e. The molecular weight excluding hydrogens is 767 g/mol. The molecule has 1 amide bonds. The molecule has 6 heteroatoms. The summed E-state index contributed by atoms with van der Waals surface area (Å²) in [4.78, 5) is 24.5. The van der Waals surface area contributed by atoms with Gasteiger partial charge in [-0.05, 0) is 25.7 Å². The summed E-state index contributed by atoms with van der Waals surface area (Å²) in [5.41, 5.74) is 0. The Morgan fingerprint density at radius 2 is 0.661 bits per heavy atom. The molecule has 0 spiro atoms. The molecule has 3 N–H and O–H groups in total. The maximum Gasteiger partial charge on any atom is 0.305 e. The lowest BCUT2D eigenvalue weighted by molar-refractivity contribution is -0.143. The number of hydrogen-bond donors (Lipinski definition) is 3. The van der Waals surface area contributed by atoms with Crippen molar-refractivity contribution in [1.82, 2.24) is 5.32 Å². The molecule has 0 heterocycles. The van der Waals surface area contributed by atoms with Crippen molar-refractivity contribution in [2.24, 2.45) is 0 Å². The van der Waals surface area contributed by atoms with Gasteiger partial charge in [-0.2, -0.15) is 0 Å². The molecule has 62 heavy (non-hydrogen) atoms. The number of carbonyl (C=O) groups is 2. The summed E-state index contributed by atoms with van der Waals surface area (Å²) < 4.78 is 5.46. The molecule has 370 valence electrons. The van der Waals surface area contributed by atoms with Gasteiger partial charge in [0.25, 0.3) is 0 Å². The van der Waals surface area contributed by atoms with Crippen LogP contribution in [0.3, 0.4) is 0 Å². The highest BCUT2D eigenvalue weighted by Gasteiger charge is 2.20. The Bertz CT molecular complexity index is 882. The van der Waals surface area contributed by atoms with Crippen molar-refractivity contribution in [2.75, 3.05) is 13.2 Å². The third-order valence-corrected chi connectivity index (χ3v) is 13.4. The minimum Gasteiger partial charge on any atom is -0.466 e. The van der Waals surface area contributed by atoms with E-state index in [1.807, 2.05) is 0 Å². The molecule has 0 aromatic rings. The molecule has 2 unspecified atom stereocenters. The van der Waals surface area contributed by atoms with E-state index in [0.717, 1.165) is 38.5 Å². The Hall–Kier alpha value is -1.14. The zero-order valence-corrected chi connectivity index (χ0v) is 42.1. The number of amides is 1. The number of aliphatic hydroxyl groups is 2. The lowest BCUT2D eigenvalue weighted by atomic mass is 10.0. The maximum atomic E-state index is 12.5. The van der Waals surface area contributed by atoms with Gasteiger partial charge in [-0.3, -0.25) is 9.59 Å². The zero-order chi connectivity index (χ0) is 45.1. The van der Waals surface area contributed by atoms with Gasteiger partial charge in [-0.25, -0.2) is 0 Å². The van der Waals surface area contributed by atoms with Crippen molar-refractivity contribution >= 4 is 11.9 Å². The van der Waals surface area contributed by atoms with E-state index in [1.54, 1.807) is 0 Å². The van der Waals surface area contributed by atoms with E-state index in [4.69, 9.17) is 4.74 Å². The Balaban J connectivity index is 3.40.